The van der Waals surface area contributed by atoms with Crippen molar-refractivity contribution in [1.82, 2.24) is 20.4 Å². The molecule has 0 radical (unpaired) electrons. The van der Waals surface area contributed by atoms with E-state index in [0.29, 0.717) is 24.8 Å². The molecule has 2 aromatic carbocycles. The van der Waals surface area contributed by atoms with Gasteiger partial charge in [0, 0.05) is 26.8 Å². The van der Waals surface area contributed by atoms with E-state index in [0.717, 1.165) is 22.6 Å². The zero-order chi connectivity index (χ0) is 19.9. The molecular weight excluding hydrogens is 484 g/mol. The summed E-state index contributed by atoms with van der Waals surface area (Å²) in [6.07, 6.45) is 1.77. The monoisotopic (exact) mass is 509 g/mol. The van der Waals surface area contributed by atoms with Crippen molar-refractivity contribution in [2.45, 2.75) is 20.0 Å². The first-order chi connectivity index (χ1) is 13.5. The highest BCUT2D eigenvalue weighted by Crippen LogP contribution is 2.25. The molecule has 1 aromatic heterocycles. The maximum Gasteiger partial charge on any atom is 0.191 e. The molecule has 6 nitrogen and oxygen atoms in total. The third-order valence-corrected chi connectivity index (χ3v) is 4.32. The predicted octanol–water partition coefficient (Wildman–Crippen LogP) is 4.14. The third-order valence-electron chi connectivity index (χ3n) is 4.32. The van der Waals surface area contributed by atoms with Gasteiger partial charge in [0.1, 0.15) is 17.3 Å². The van der Waals surface area contributed by atoms with Crippen molar-refractivity contribution in [2.75, 3.05) is 7.05 Å². The van der Waals surface area contributed by atoms with Crippen LogP contribution in [0.4, 0.5) is 4.39 Å². The Bertz CT molecular complexity index is 956. The Balaban J connectivity index is 0.00000300. The summed E-state index contributed by atoms with van der Waals surface area (Å²) in [6.45, 7) is 3.25. The van der Waals surface area contributed by atoms with Gasteiger partial charge in [0.15, 0.2) is 5.96 Å². The fourth-order valence-electron chi connectivity index (χ4n) is 2.72. The summed E-state index contributed by atoms with van der Waals surface area (Å²) >= 11 is 0. The van der Waals surface area contributed by atoms with Gasteiger partial charge in [0.25, 0.3) is 0 Å². The maximum atomic E-state index is 13.0. The Hall–Kier alpha value is -2.62. The number of aryl methyl sites for hydroxylation is 2. The van der Waals surface area contributed by atoms with Gasteiger partial charge in [-0.05, 0) is 54.4 Å². The number of guanidine groups is 1. The number of halogens is 2. The quantitative estimate of drug-likeness (QED) is 0.298. The Labute approximate surface area is 187 Å². The molecule has 0 fully saturated rings. The lowest BCUT2D eigenvalue weighted by Crippen LogP contribution is -2.36. The van der Waals surface area contributed by atoms with E-state index in [1.54, 1.807) is 25.4 Å². The van der Waals surface area contributed by atoms with Gasteiger partial charge < -0.3 is 15.4 Å². The average Bonchev–Trinajstić information content (AvgIpc) is 3.10. The zero-order valence-corrected chi connectivity index (χ0v) is 19.0. The second-order valence-electron chi connectivity index (χ2n) is 6.38. The van der Waals surface area contributed by atoms with Crippen LogP contribution >= 0.6 is 24.0 Å². The van der Waals surface area contributed by atoms with Gasteiger partial charge in [-0.2, -0.15) is 5.10 Å². The minimum atomic E-state index is -0.282. The van der Waals surface area contributed by atoms with Crippen molar-refractivity contribution in [1.29, 1.82) is 0 Å². The molecule has 0 bridgehead atoms. The van der Waals surface area contributed by atoms with Crippen LogP contribution in [0, 0.1) is 12.7 Å². The molecule has 2 N–H and O–H groups in total. The molecule has 3 aromatic rings. The van der Waals surface area contributed by atoms with Gasteiger partial charge in [-0.25, -0.2) is 4.39 Å². The lowest BCUT2D eigenvalue weighted by atomic mass is 10.1. The normalized spacial score (nSPS) is 11.0. The Morgan fingerprint density at radius 2 is 1.83 bits per heavy atom. The molecule has 0 saturated carbocycles. The Morgan fingerprint density at radius 3 is 2.45 bits per heavy atom. The number of nitrogens with one attached hydrogen (secondary N) is 2. The van der Waals surface area contributed by atoms with E-state index in [9.17, 15) is 4.39 Å². The summed E-state index contributed by atoms with van der Waals surface area (Å²) in [7, 11) is 3.65. The first kappa shape index (κ1) is 22.7. The van der Waals surface area contributed by atoms with Crippen molar-refractivity contribution in [3.8, 4) is 11.5 Å². The smallest absolute Gasteiger partial charge is 0.191 e. The number of rotatable bonds is 6. The number of ether oxygens (including phenoxy) is 1. The molecule has 3 rings (SSSR count). The van der Waals surface area contributed by atoms with Gasteiger partial charge in [-0.1, -0.05) is 12.1 Å². The summed E-state index contributed by atoms with van der Waals surface area (Å²) in [4.78, 5) is 4.24. The molecule has 1 heterocycles. The van der Waals surface area contributed by atoms with Crippen LogP contribution in [0.5, 0.6) is 11.5 Å². The van der Waals surface area contributed by atoms with E-state index in [1.807, 2.05) is 36.9 Å². The molecule has 0 saturated heterocycles. The standard InChI is InChI=1S/C21H24FN5O.HI/c1-15-12-16(4-9-20(15)28-19-7-5-17(22)6-8-19)13-24-21(23-2)25-14-18-10-11-26-27(18)3;/h4-12H,13-14H2,1-3H3,(H2,23,24,25);1H. The summed E-state index contributed by atoms with van der Waals surface area (Å²) in [6, 6.07) is 13.9. The number of nitrogens with zero attached hydrogens (tertiary/aromatic N) is 3. The SMILES string of the molecule is CN=C(NCc1ccc(Oc2ccc(F)cc2)c(C)c1)NCc1ccnn1C.I. The molecule has 0 spiro atoms. The number of hydrogen-bond donors (Lipinski definition) is 2. The first-order valence-electron chi connectivity index (χ1n) is 8.99. The molecule has 0 unspecified atom stereocenters. The van der Waals surface area contributed by atoms with Crippen LogP contribution in [-0.4, -0.2) is 22.8 Å². The van der Waals surface area contributed by atoms with Crippen LogP contribution in [0.25, 0.3) is 0 Å². The molecule has 0 aliphatic rings. The van der Waals surface area contributed by atoms with Crippen LogP contribution in [0.15, 0.2) is 59.7 Å². The van der Waals surface area contributed by atoms with Crippen LogP contribution in [0.2, 0.25) is 0 Å². The second kappa shape index (κ2) is 10.8. The van der Waals surface area contributed by atoms with Crippen molar-refractivity contribution in [2.24, 2.45) is 12.0 Å². The number of hydrogen-bond acceptors (Lipinski definition) is 3. The average molecular weight is 509 g/mol. The second-order valence-corrected chi connectivity index (χ2v) is 6.38. The van der Waals surface area contributed by atoms with Crippen LogP contribution in [0.3, 0.4) is 0 Å². The maximum absolute atomic E-state index is 13.0. The molecule has 0 aliphatic heterocycles. The molecule has 29 heavy (non-hydrogen) atoms. The van der Waals surface area contributed by atoms with E-state index in [4.69, 9.17) is 4.74 Å². The van der Waals surface area contributed by atoms with Crippen LogP contribution in [-0.2, 0) is 20.1 Å². The number of benzene rings is 2. The van der Waals surface area contributed by atoms with E-state index in [-0.39, 0.29) is 29.8 Å². The van der Waals surface area contributed by atoms with Gasteiger partial charge in [0.2, 0.25) is 0 Å². The minimum absolute atomic E-state index is 0. The highest BCUT2D eigenvalue weighted by Gasteiger charge is 2.05. The summed E-state index contributed by atoms with van der Waals surface area (Å²) in [5.74, 6) is 1.78. The van der Waals surface area contributed by atoms with Gasteiger partial charge in [0.05, 0.1) is 12.2 Å². The van der Waals surface area contributed by atoms with E-state index in [2.05, 4.69) is 26.8 Å². The Morgan fingerprint density at radius 1 is 1.10 bits per heavy atom. The van der Waals surface area contributed by atoms with Gasteiger partial charge in [-0.3, -0.25) is 9.67 Å². The van der Waals surface area contributed by atoms with E-state index < -0.39 is 0 Å². The molecular formula is C21H25FIN5O. The van der Waals surface area contributed by atoms with E-state index in [1.165, 1.54) is 12.1 Å². The summed E-state index contributed by atoms with van der Waals surface area (Å²) < 4.78 is 20.7. The van der Waals surface area contributed by atoms with Crippen molar-refractivity contribution >= 4 is 29.9 Å². The third kappa shape index (κ3) is 6.45. The molecule has 154 valence electrons. The van der Waals surface area contributed by atoms with E-state index >= 15 is 0 Å². The van der Waals surface area contributed by atoms with Crippen molar-refractivity contribution in [3.63, 3.8) is 0 Å². The van der Waals surface area contributed by atoms with Crippen LogP contribution < -0.4 is 15.4 Å². The lowest BCUT2D eigenvalue weighted by molar-refractivity contribution is 0.476. The predicted molar refractivity (Wildman–Crippen MR) is 123 cm³/mol. The fourth-order valence-corrected chi connectivity index (χ4v) is 2.72. The van der Waals surface area contributed by atoms with Gasteiger partial charge in [-0.15, -0.1) is 24.0 Å². The van der Waals surface area contributed by atoms with Crippen molar-refractivity contribution in [3.05, 3.63) is 77.4 Å². The summed E-state index contributed by atoms with van der Waals surface area (Å²) in [5.41, 5.74) is 3.18. The zero-order valence-electron chi connectivity index (χ0n) is 16.6. The topological polar surface area (TPSA) is 63.5 Å². The molecule has 0 atom stereocenters. The molecule has 0 amide bonds. The number of aromatic nitrogens is 2. The largest absolute Gasteiger partial charge is 0.457 e. The highest BCUT2D eigenvalue weighted by molar-refractivity contribution is 14.0. The lowest BCUT2D eigenvalue weighted by Gasteiger charge is -2.14. The summed E-state index contributed by atoms with van der Waals surface area (Å²) in [5, 5.41) is 10.7. The number of aliphatic imine (C=N–C) groups is 1. The molecule has 0 aliphatic carbocycles. The van der Waals surface area contributed by atoms with Crippen molar-refractivity contribution < 1.29 is 9.13 Å². The van der Waals surface area contributed by atoms with Gasteiger partial charge >= 0.3 is 0 Å². The molecule has 8 heteroatoms. The highest BCUT2D eigenvalue weighted by atomic mass is 127. The minimum Gasteiger partial charge on any atom is -0.457 e. The first-order valence-corrected chi connectivity index (χ1v) is 8.99. The van der Waals surface area contributed by atoms with Crippen LogP contribution in [0.1, 0.15) is 16.8 Å². The Kier molecular flexibility index (Phi) is 8.44. The fraction of sp³-hybridized carbons (Fsp3) is 0.238.